The van der Waals surface area contributed by atoms with Gasteiger partial charge in [-0.3, -0.25) is 14.5 Å². The van der Waals surface area contributed by atoms with Crippen LogP contribution in [0.5, 0.6) is 0 Å². The lowest BCUT2D eigenvalue weighted by molar-refractivity contribution is -0.121. The molecule has 0 aliphatic rings. The zero-order chi connectivity index (χ0) is 17.5. The topological polar surface area (TPSA) is 49.4 Å². The molecule has 126 valence electrons. The summed E-state index contributed by atoms with van der Waals surface area (Å²) in [5.74, 6) is -0.111. The maximum Gasteiger partial charge on any atom is 0.246 e. The summed E-state index contributed by atoms with van der Waals surface area (Å²) in [4.78, 5) is 26.5. The molecule has 0 aromatic heterocycles. The van der Waals surface area contributed by atoms with Crippen molar-refractivity contribution in [2.45, 2.75) is 26.8 Å². The Morgan fingerprint density at radius 2 is 1.67 bits per heavy atom. The molecule has 4 heteroatoms. The van der Waals surface area contributed by atoms with Crippen molar-refractivity contribution in [3.63, 3.8) is 0 Å². The van der Waals surface area contributed by atoms with Gasteiger partial charge in [0.2, 0.25) is 5.91 Å². The van der Waals surface area contributed by atoms with Gasteiger partial charge in [-0.25, -0.2) is 0 Å². The Bertz CT molecular complexity index is 694. The number of rotatable bonds is 7. The van der Waals surface area contributed by atoms with E-state index in [9.17, 15) is 9.59 Å². The second-order valence-electron chi connectivity index (χ2n) is 5.66. The molecule has 2 rings (SSSR count). The van der Waals surface area contributed by atoms with Crippen LogP contribution in [-0.4, -0.2) is 29.7 Å². The Kier molecular flexibility index (Phi) is 6.27. The number of carbonyl (C=O) groups is 2. The normalized spacial score (nSPS) is 12.0. The van der Waals surface area contributed by atoms with Crippen molar-refractivity contribution in [3.05, 3.63) is 65.7 Å². The molecule has 2 aromatic carbocycles. The van der Waals surface area contributed by atoms with Crippen molar-refractivity contribution in [2.75, 3.05) is 18.4 Å². The second kappa shape index (κ2) is 8.41. The molecular weight excluding hydrogens is 300 g/mol. The molecular formula is C20H24N2O2. The van der Waals surface area contributed by atoms with E-state index in [4.69, 9.17) is 0 Å². The van der Waals surface area contributed by atoms with E-state index in [0.717, 1.165) is 18.7 Å². The van der Waals surface area contributed by atoms with Crippen LogP contribution >= 0.6 is 0 Å². The summed E-state index contributed by atoms with van der Waals surface area (Å²) in [5.41, 5.74) is 2.19. The van der Waals surface area contributed by atoms with E-state index in [1.54, 1.807) is 24.3 Å². The quantitative estimate of drug-likeness (QED) is 0.786. The summed E-state index contributed by atoms with van der Waals surface area (Å²) in [6.45, 7) is 7.16. The lowest BCUT2D eigenvalue weighted by Gasteiger charge is -2.29. The maximum absolute atomic E-state index is 12.9. The van der Waals surface area contributed by atoms with Crippen LogP contribution in [0.25, 0.3) is 0 Å². The monoisotopic (exact) mass is 324 g/mol. The van der Waals surface area contributed by atoms with Gasteiger partial charge in [0, 0.05) is 11.3 Å². The number of amides is 1. The van der Waals surface area contributed by atoms with Crippen molar-refractivity contribution in [2.24, 2.45) is 0 Å². The first kappa shape index (κ1) is 17.9. The van der Waals surface area contributed by atoms with Gasteiger partial charge in [0.05, 0.1) is 0 Å². The third kappa shape index (κ3) is 4.30. The standard InChI is InChI=1S/C20H24N2O2/c1-4-22(5-2)19(16-10-7-6-8-11-16)20(24)21-18-13-9-12-17(14-18)15(3)23/h6-14,19H,4-5H2,1-3H3,(H,21,24). The predicted molar refractivity (Wildman–Crippen MR) is 97.2 cm³/mol. The van der Waals surface area contributed by atoms with Crippen molar-refractivity contribution in [1.29, 1.82) is 0 Å². The van der Waals surface area contributed by atoms with Gasteiger partial charge in [0.15, 0.2) is 5.78 Å². The molecule has 1 N–H and O–H groups in total. The third-order valence-electron chi connectivity index (χ3n) is 4.08. The zero-order valence-electron chi connectivity index (χ0n) is 14.5. The fraction of sp³-hybridized carbons (Fsp3) is 0.300. The van der Waals surface area contributed by atoms with Gasteiger partial charge in [-0.2, -0.15) is 0 Å². The van der Waals surface area contributed by atoms with Gasteiger partial charge in [-0.15, -0.1) is 0 Å². The molecule has 1 atom stereocenters. The van der Waals surface area contributed by atoms with Gasteiger partial charge >= 0.3 is 0 Å². The average Bonchev–Trinajstić information content (AvgIpc) is 2.60. The fourth-order valence-corrected chi connectivity index (χ4v) is 2.78. The molecule has 0 saturated heterocycles. The van der Waals surface area contributed by atoms with E-state index in [1.807, 2.05) is 44.2 Å². The smallest absolute Gasteiger partial charge is 0.246 e. The van der Waals surface area contributed by atoms with Crippen LogP contribution in [0.2, 0.25) is 0 Å². The number of benzene rings is 2. The Labute approximate surface area is 143 Å². The van der Waals surface area contributed by atoms with Crippen molar-refractivity contribution >= 4 is 17.4 Å². The van der Waals surface area contributed by atoms with Gasteiger partial charge < -0.3 is 5.32 Å². The minimum absolute atomic E-state index is 0.0190. The van der Waals surface area contributed by atoms with Crippen molar-refractivity contribution in [3.8, 4) is 0 Å². The van der Waals surface area contributed by atoms with E-state index in [2.05, 4.69) is 10.2 Å². The highest BCUT2D eigenvalue weighted by Gasteiger charge is 2.25. The van der Waals surface area contributed by atoms with Crippen LogP contribution in [0.1, 0.15) is 42.7 Å². The molecule has 0 bridgehead atoms. The van der Waals surface area contributed by atoms with Crippen molar-refractivity contribution < 1.29 is 9.59 Å². The molecule has 0 radical (unpaired) electrons. The van der Waals surface area contributed by atoms with Crippen LogP contribution < -0.4 is 5.32 Å². The first-order valence-corrected chi connectivity index (χ1v) is 8.27. The Balaban J connectivity index is 2.28. The summed E-state index contributed by atoms with van der Waals surface area (Å²) in [6.07, 6.45) is 0. The minimum atomic E-state index is -0.359. The third-order valence-corrected chi connectivity index (χ3v) is 4.08. The predicted octanol–water partition coefficient (Wildman–Crippen LogP) is 3.91. The number of nitrogens with one attached hydrogen (secondary N) is 1. The molecule has 4 nitrogen and oxygen atoms in total. The summed E-state index contributed by atoms with van der Waals surface area (Å²) in [7, 11) is 0. The molecule has 0 fully saturated rings. The molecule has 0 aliphatic heterocycles. The van der Waals surface area contributed by atoms with Crippen molar-refractivity contribution in [1.82, 2.24) is 4.90 Å². The lowest BCUT2D eigenvalue weighted by Crippen LogP contribution is -2.37. The van der Waals surface area contributed by atoms with E-state index in [-0.39, 0.29) is 17.7 Å². The van der Waals surface area contributed by atoms with E-state index < -0.39 is 0 Å². The van der Waals surface area contributed by atoms with Gasteiger partial charge in [0.25, 0.3) is 0 Å². The Morgan fingerprint density at radius 3 is 2.25 bits per heavy atom. The Morgan fingerprint density at radius 1 is 1.00 bits per heavy atom. The largest absolute Gasteiger partial charge is 0.324 e. The van der Waals surface area contributed by atoms with Gasteiger partial charge in [0.1, 0.15) is 6.04 Å². The first-order valence-electron chi connectivity index (χ1n) is 8.27. The fourth-order valence-electron chi connectivity index (χ4n) is 2.78. The minimum Gasteiger partial charge on any atom is -0.324 e. The summed E-state index contributed by atoms with van der Waals surface area (Å²) < 4.78 is 0. The van der Waals surface area contributed by atoms with Gasteiger partial charge in [-0.1, -0.05) is 56.3 Å². The average molecular weight is 324 g/mol. The lowest BCUT2D eigenvalue weighted by atomic mass is 10.0. The van der Waals surface area contributed by atoms with E-state index in [1.165, 1.54) is 6.92 Å². The molecule has 1 amide bonds. The zero-order valence-corrected chi connectivity index (χ0v) is 14.5. The van der Waals surface area contributed by atoms with Crippen LogP contribution in [0.15, 0.2) is 54.6 Å². The molecule has 0 spiro atoms. The van der Waals surface area contributed by atoms with Crippen LogP contribution in [0.3, 0.4) is 0 Å². The number of likely N-dealkylation sites (N-methyl/N-ethyl adjacent to an activating group) is 1. The molecule has 2 aromatic rings. The molecule has 24 heavy (non-hydrogen) atoms. The van der Waals surface area contributed by atoms with Crippen LogP contribution in [0, 0.1) is 0 Å². The number of hydrogen-bond acceptors (Lipinski definition) is 3. The molecule has 0 heterocycles. The first-order chi connectivity index (χ1) is 11.6. The summed E-state index contributed by atoms with van der Waals surface area (Å²) >= 11 is 0. The highest BCUT2D eigenvalue weighted by Crippen LogP contribution is 2.23. The number of hydrogen-bond donors (Lipinski definition) is 1. The number of Topliss-reactive ketones (excluding diaryl/α,β-unsaturated/α-hetero) is 1. The van der Waals surface area contributed by atoms with Gasteiger partial charge in [-0.05, 0) is 37.7 Å². The number of nitrogens with zero attached hydrogens (tertiary/aromatic N) is 1. The highest BCUT2D eigenvalue weighted by molar-refractivity contribution is 5.98. The molecule has 1 unspecified atom stereocenters. The molecule has 0 saturated carbocycles. The number of carbonyl (C=O) groups excluding carboxylic acids is 2. The summed E-state index contributed by atoms with van der Waals surface area (Å²) in [5, 5.41) is 2.95. The van der Waals surface area contributed by atoms with E-state index in [0.29, 0.717) is 11.3 Å². The maximum atomic E-state index is 12.9. The van der Waals surface area contributed by atoms with E-state index >= 15 is 0 Å². The number of ketones is 1. The van der Waals surface area contributed by atoms with Crippen LogP contribution in [-0.2, 0) is 4.79 Å². The second-order valence-corrected chi connectivity index (χ2v) is 5.66. The Hall–Kier alpha value is -2.46. The highest BCUT2D eigenvalue weighted by atomic mass is 16.2. The number of anilines is 1. The van der Waals surface area contributed by atoms with Crippen LogP contribution in [0.4, 0.5) is 5.69 Å². The summed E-state index contributed by atoms with van der Waals surface area (Å²) in [6, 6.07) is 16.4. The SMILES string of the molecule is CCN(CC)C(C(=O)Nc1cccc(C(C)=O)c1)c1ccccc1. The molecule has 0 aliphatic carbocycles.